The van der Waals surface area contributed by atoms with Crippen molar-refractivity contribution in [3.05, 3.63) is 94.0 Å². The van der Waals surface area contributed by atoms with Crippen molar-refractivity contribution in [1.82, 2.24) is 14.6 Å². The number of H-pyrrole nitrogens is 1. The Morgan fingerprint density at radius 1 is 1.14 bits per heavy atom. The maximum absolute atomic E-state index is 12.6. The molecule has 0 saturated carbocycles. The van der Waals surface area contributed by atoms with Crippen LogP contribution in [0.4, 0.5) is 5.69 Å². The first-order valence-corrected chi connectivity index (χ1v) is 8.73. The van der Waals surface area contributed by atoms with E-state index in [4.69, 9.17) is 4.74 Å². The van der Waals surface area contributed by atoms with E-state index >= 15 is 0 Å². The minimum absolute atomic E-state index is 0.271. The van der Waals surface area contributed by atoms with Gasteiger partial charge in [-0.3, -0.25) is 14.7 Å². The van der Waals surface area contributed by atoms with Gasteiger partial charge in [-0.1, -0.05) is 30.3 Å². The number of benzene rings is 2. The van der Waals surface area contributed by atoms with Gasteiger partial charge < -0.3 is 10.1 Å². The monoisotopic (exact) mass is 374 g/mol. The van der Waals surface area contributed by atoms with Crippen LogP contribution >= 0.6 is 0 Å². The summed E-state index contributed by atoms with van der Waals surface area (Å²) in [5.41, 5.74) is 2.57. The Bertz CT molecular complexity index is 1180. The lowest BCUT2D eigenvalue weighted by atomic mass is 10.1. The minimum atomic E-state index is -0.335. The van der Waals surface area contributed by atoms with Crippen molar-refractivity contribution in [2.45, 2.75) is 6.42 Å². The van der Waals surface area contributed by atoms with Crippen LogP contribution in [0, 0.1) is 0 Å². The molecule has 0 aliphatic carbocycles. The number of methoxy groups -OCH3 is 1. The first kappa shape index (κ1) is 17.5. The molecule has 140 valence electrons. The van der Waals surface area contributed by atoms with Gasteiger partial charge in [0, 0.05) is 24.4 Å². The topological polar surface area (TPSA) is 88.5 Å². The Hall–Kier alpha value is -3.87. The molecule has 7 heteroatoms. The number of anilines is 1. The minimum Gasteiger partial charge on any atom is -0.497 e. The third kappa shape index (κ3) is 3.50. The van der Waals surface area contributed by atoms with Gasteiger partial charge in [-0.05, 0) is 29.8 Å². The largest absolute Gasteiger partial charge is 0.497 e. The number of para-hydroxylation sites is 1. The number of rotatable bonds is 5. The molecule has 2 N–H and O–H groups in total. The van der Waals surface area contributed by atoms with Gasteiger partial charge in [0.25, 0.3) is 11.5 Å². The summed E-state index contributed by atoms with van der Waals surface area (Å²) in [5, 5.41) is 5.60. The molecule has 7 nitrogen and oxygen atoms in total. The smallest absolute Gasteiger partial charge is 0.272 e. The van der Waals surface area contributed by atoms with Gasteiger partial charge in [0.1, 0.15) is 11.3 Å². The Morgan fingerprint density at radius 3 is 2.61 bits per heavy atom. The quantitative estimate of drug-likeness (QED) is 0.562. The number of fused-ring (bicyclic) bond motifs is 1. The zero-order valence-corrected chi connectivity index (χ0v) is 15.2. The molecule has 4 rings (SSSR count). The van der Waals surface area contributed by atoms with Crippen LogP contribution in [0.2, 0.25) is 0 Å². The number of ether oxygens (including phenoxy) is 1. The van der Waals surface area contributed by atoms with Crippen molar-refractivity contribution in [1.29, 1.82) is 0 Å². The summed E-state index contributed by atoms with van der Waals surface area (Å²) in [6, 6.07) is 18.1. The molecule has 0 bridgehead atoms. The normalized spacial score (nSPS) is 10.8. The molecular weight excluding hydrogens is 356 g/mol. The highest BCUT2D eigenvalue weighted by molar-refractivity contribution is 6.08. The van der Waals surface area contributed by atoms with Crippen molar-refractivity contribution >= 4 is 17.2 Å². The van der Waals surface area contributed by atoms with Crippen molar-refractivity contribution in [3.8, 4) is 5.75 Å². The summed E-state index contributed by atoms with van der Waals surface area (Å²) in [5.74, 6) is 0.427. The molecule has 0 fully saturated rings. The van der Waals surface area contributed by atoms with E-state index in [2.05, 4.69) is 15.4 Å². The van der Waals surface area contributed by atoms with Crippen LogP contribution in [0.1, 0.15) is 21.6 Å². The zero-order chi connectivity index (χ0) is 19.5. The van der Waals surface area contributed by atoms with E-state index in [1.807, 2.05) is 42.5 Å². The molecule has 28 heavy (non-hydrogen) atoms. The van der Waals surface area contributed by atoms with Gasteiger partial charge in [0.15, 0.2) is 5.65 Å². The fourth-order valence-electron chi connectivity index (χ4n) is 2.96. The third-order valence-corrected chi connectivity index (χ3v) is 4.37. The second-order valence-electron chi connectivity index (χ2n) is 6.28. The third-order valence-electron chi connectivity index (χ3n) is 4.37. The van der Waals surface area contributed by atoms with E-state index < -0.39 is 0 Å². The predicted octanol–water partition coefficient (Wildman–Crippen LogP) is 2.87. The highest BCUT2D eigenvalue weighted by Crippen LogP contribution is 2.15. The van der Waals surface area contributed by atoms with Gasteiger partial charge in [0.2, 0.25) is 0 Å². The van der Waals surface area contributed by atoms with Crippen LogP contribution in [0.5, 0.6) is 5.75 Å². The van der Waals surface area contributed by atoms with E-state index in [1.54, 1.807) is 19.2 Å². The summed E-state index contributed by atoms with van der Waals surface area (Å²) in [6.45, 7) is 0. The SMILES string of the molecule is COc1ccc(Cc2cc(=O)n3[nH]cc(C(=O)Nc4ccccc4)c3n2)cc1. The molecule has 0 atom stereocenters. The molecule has 0 saturated heterocycles. The number of carbonyl (C=O) groups excluding carboxylic acids is 1. The van der Waals surface area contributed by atoms with Crippen LogP contribution in [-0.2, 0) is 6.42 Å². The van der Waals surface area contributed by atoms with Crippen LogP contribution in [-0.4, -0.2) is 27.6 Å². The van der Waals surface area contributed by atoms with E-state index in [1.165, 1.54) is 16.8 Å². The maximum Gasteiger partial charge on any atom is 0.272 e. The van der Waals surface area contributed by atoms with Crippen molar-refractivity contribution in [3.63, 3.8) is 0 Å². The van der Waals surface area contributed by atoms with Crippen LogP contribution in [0.3, 0.4) is 0 Å². The summed E-state index contributed by atoms with van der Waals surface area (Å²) >= 11 is 0. The Kier molecular flexibility index (Phi) is 4.63. The highest BCUT2D eigenvalue weighted by atomic mass is 16.5. The lowest BCUT2D eigenvalue weighted by Crippen LogP contribution is -2.18. The molecule has 2 aromatic heterocycles. The number of amides is 1. The molecule has 2 heterocycles. The molecular formula is C21H18N4O3. The van der Waals surface area contributed by atoms with Crippen LogP contribution < -0.4 is 15.6 Å². The molecule has 0 aliphatic rings. The van der Waals surface area contributed by atoms with E-state index in [9.17, 15) is 9.59 Å². The second kappa shape index (κ2) is 7.40. The number of aromatic nitrogens is 3. The van der Waals surface area contributed by atoms with Gasteiger partial charge >= 0.3 is 0 Å². The average Bonchev–Trinajstić information content (AvgIpc) is 3.14. The van der Waals surface area contributed by atoms with Gasteiger partial charge in [-0.25, -0.2) is 9.50 Å². The first-order chi connectivity index (χ1) is 13.6. The van der Waals surface area contributed by atoms with Crippen molar-refractivity contribution < 1.29 is 9.53 Å². The maximum atomic E-state index is 12.6. The average molecular weight is 374 g/mol. The summed E-state index contributed by atoms with van der Waals surface area (Å²) in [7, 11) is 1.61. The number of aromatic amines is 1. The van der Waals surface area contributed by atoms with Gasteiger partial charge in [-0.2, -0.15) is 0 Å². The molecule has 0 unspecified atom stereocenters. The fourth-order valence-corrected chi connectivity index (χ4v) is 2.96. The number of nitrogens with zero attached hydrogens (tertiary/aromatic N) is 2. The number of hydrogen-bond donors (Lipinski definition) is 2. The van der Waals surface area contributed by atoms with Crippen molar-refractivity contribution in [2.24, 2.45) is 0 Å². The summed E-state index contributed by atoms with van der Waals surface area (Å²) < 4.78 is 6.42. The van der Waals surface area contributed by atoms with Crippen LogP contribution in [0.25, 0.3) is 5.65 Å². The van der Waals surface area contributed by atoms with Gasteiger partial charge in [0.05, 0.1) is 12.8 Å². The zero-order valence-electron chi connectivity index (χ0n) is 15.2. The number of hydrogen-bond acceptors (Lipinski definition) is 4. The fraction of sp³-hybridized carbons (Fsp3) is 0.0952. The lowest BCUT2D eigenvalue weighted by molar-refractivity contribution is 0.102. The highest BCUT2D eigenvalue weighted by Gasteiger charge is 2.16. The number of carbonyl (C=O) groups is 1. The second-order valence-corrected chi connectivity index (χ2v) is 6.28. The molecule has 0 spiro atoms. The first-order valence-electron chi connectivity index (χ1n) is 8.73. The predicted molar refractivity (Wildman–Crippen MR) is 106 cm³/mol. The Balaban J connectivity index is 1.65. The number of nitrogens with one attached hydrogen (secondary N) is 2. The van der Waals surface area contributed by atoms with E-state index in [0.717, 1.165) is 11.3 Å². The summed E-state index contributed by atoms with van der Waals surface area (Å²) in [4.78, 5) is 29.6. The Labute approximate surface area is 160 Å². The van der Waals surface area contributed by atoms with Gasteiger partial charge in [-0.15, -0.1) is 0 Å². The standard InChI is InChI=1S/C21H18N4O3/c1-28-17-9-7-14(8-10-17)11-16-12-19(26)25-20(23-16)18(13-22-25)21(27)24-15-5-3-2-4-6-15/h2-10,12-13,22H,11H2,1H3,(H,24,27). The molecule has 4 aromatic rings. The molecule has 1 amide bonds. The molecule has 2 aromatic carbocycles. The molecule has 0 radical (unpaired) electrons. The summed E-state index contributed by atoms with van der Waals surface area (Å²) in [6.07, 6.45) is 1.96. The Morgan fingerprint density at radius 2 is 1.89 bits per heavy atom. The molecule has 0 aliphatic heterocycles. The van der Waals surface area contributed by atoms with E-state index in [0.29, 0.717) is 29.0 Å². The van der Waals surface area contributed by atoms with E-state index in [-0.39, 0.29) is 11.5 Å². The lowest BCUT2D eigenvalue weighted by Gasteiger charge is -2.05. The van der Waals surface area contributed by atoms with Crippen molar-refractivity contribution in [2.75, 3.05) is 12.4 Å². The van der Waals surface area contributed by atoms with Crippen LogP contribution in [0.15, 0.2) is 71.7 Å².